The molecule has 1 atom stereocenters. The number of likely N-dealkylation sites (N-methyl/N-ethyl adjacent to an activating group) is 1. The Balaban J connectivity index is 2.17. The van der Waals surface area contributed by atoms with E-state index in [4.69, 9.17) is 14.2 Å². The van der Waals surface area contributed by atoms with Crippen molar-refractivity contribution in [3.8, 4) is 17.2 Å². The normalized spacial score (nSPS) is 18.3. The van der Waals surface area contributed by atoms with Gasteiger partial charge in [-0.05, 0) is 35.9 Å². The molecule has 1 saturated heterocycles. The van der Waals surface area contributed by atoms with Crippen LogP contribution < -0.4 is 14.2 Å². The number of rotatable bonds is 5. The molecule has 0 saturated carbocycles. The smallest absolute Gasteiger partial charge is 0.295 e. The van der Waals surface area contributed by atoms with Gasteiger partial charge >= 0.3 is 0 Å². The van der Waals surface area contributed by atoms with E-state index in [0.29, 0.717) is 28.4 Å². The van der Waals surface area contributed by atoms with E-state index in [2.05, 4.69) is 0 Å². The third kappa shape index (κ3) is 3.15. The summed E-state index contributed by atoms with van der Waals surface area (Å²) in [5, 5.41) is 10.9. The first-order valence-corrected chi connectivity index (χ1v) is 8.53. The van der Waals surface area contributed by atoms with Crippen LogP contribution in [0, 0.1) is 0 Å². The molecule has 0 aromatic heterocycles. The molecule has 7 nitrogen and oxygen atoms in total. The van der Waals surface area contributed by atoms with Crippen molar-refractivity contribution in [3.63, 3.8) is 0 Å². The molecule has 2 aromatic rings. The molecule has 7 heteroatoms. The summed E-state index contributed by atoms with van der Waals surface area (Å²) in [6.07, 6.45) is 0. The molecule has 1 fully saturated rings. The van der Waals surface area contributed by atoms with Gasteiger partial charge in [0.2, 0.25) is 0 Å². The summed E-state index contributed by atoms with van der Waals surface area (Å²) in [7, 11) is 6.04. The predicted molar refractivity (Wildman–Crippen MR) is 103 cm³/mol. The van der Waals surface area contributed by atoms with Gasteiger partial charge in [0, 0.05) is 12.6 Å². The van der Waals surface area contributed by atoms with E-state index in [0.717, 1.165) is 0 Å². The first-order chi connectivity index (χ1) is 13.4. The van der Waals surface area contributed by atoms with E-state index in [-0.39, 0.29) is 11.3 Å². The molecular weight excluding hydrogens is 362 g/mol. The lowest BCUT2D eigenvalue weighted by Gasteiger charge is -2.21. The van der Waals surface area contributed by atoms with Crippen molar-refractivity contribution in [2.24, 2.45) is 0 Å². The maximum Gasteiger partial charge on any atom is 0.295 e. The van der Waals surface area contributed by atoms with Crippen LogP contribution in [0.4, 0.5) is 0 Å². The largest absolute Gasteiger partial charge is 0.507 e. The topological polar surface area (TPSA) is 85.3 Å². The van der Waals surface area contributed by atoms with Crippen molar-refractivity contribution >= 4 is 17.4 Å². The van der Waals surface area contributed by atoms with Gasteiger partial charge in [-0.3, -0.25) is 9.59 Å². The Morgan fingerprint density at radius 2 is 1.68 bits per heavy atom. The zero-order valence-electron chi connectivity index (χ0n) is 16.1. The van der Waals surface area contributed by atoms with Crippen LogP contribution in [0.25, 0.3) is 5.76 Å². The van der Waals surface area contributed by atoms with Crippen LogP contribution in [0.2, 0.25) is 0 Å². The van der Waals surface area contributed by atoms with Gasteiger partial charge in [0.1, 0.15) is 11.5 Å². The molecule has 0 spiro atoms. The fourth-order valence-corrected chi connectivity index (χ4v) is 3.29. The number of benzene rings is 2. The Morgan fingerprint density at radius 3 is 2.32 bits per heavy atom. The van der Waals surface area contributed by atoms with Crippen molar-refractivity contribution < 1.29 is 28.9 Å². The highest BCUT2D eigenvalue weighted by Gasteiger charge is 2.44. The van der Waals surface area contributed by atoms with E-state index >= 15 is 0 Å². The number of ether oxygens (including phenoxy) is 3. The minimum Gasteiger partial charge on any atom is -0.507 e. The molecule has 146 valence electrons. The predicted octanol–water partition coefficient (Wildman–Crippen LogP) is 2.76. The van der Waals surface area contributed by atoms with Crippen LogP contribution in [-0.2, 0) is 9.59 Å². The van der Waals surface area contributed by atoms with Crippen LogP contribution in [0.15, 0.2) is 48.0 Å². The minimum absolute atomic E-state index is 0.00738. The molecule has 0 radical (unpaired) electrons. The zero-order valence-corrected chi connectivity index (χ0v) is 16.1. The fraction of sp³-hybridized carbons (Fsp3) is 0.238. The van der Waals surface area contributed by atoms with Crippen LogP contribution in [0.3, 0.4) is 0 Å². The molecule has 2 aromatic carbocycles. The SMILES string of the molecule is COc1cccc(C2C(=C(O)c3ccc(OC)c(OC)c3)C(=O)C(=O)N2C)c1. The quantitative estimate of drug-likeness (QED) is 0.485. The van der Waals surface area contributed by atoms with Crippen LogP contribution in [0.5, 0.6) is 17.2 Å². The van der Waals surface area contributed by atoms with Gasteiger partial charge < -0.3 is 24.2 Å². The monoisotopic (exact) mass is 383 g/mol. The summed E-state index contributed by atoms with van der Waals surface area (Å²) in [5.41, 5.74) is 1.01. The van der Waals surface area contributed by atoms with Gasteiger partial charge in [-0.1, -0.05) is 12.1 Å². The number of aliphatic hydroxyl groups excluding tert-OH is 1. The molecule has 1 N–H and O–H groups in total. The van der Waals surface area contributed by atoms with Gasteiger partial charge in [-0.25, -0.2) is 0 Å². The van der Waals surface area contributed by atoms with E-state index in [1.165, 1.54) is 33.3 Å². The highest BCUT2D eigenvalue weighted by molar-refractivity contribution is 6.46. The number of Topliss-reactive ketones (excluding diaryl/α,β-unsaturated/α-hetero) is 1. The summed E-state index contributed by atoms with van der Waals surface area (Å²) in [4.78, 5) is 26.3. The second-order valence-electron chi connectivity index (χ2n) is 6.26. The Labute approximate surface area is 162 Å². The lowest BCUT2D eigenvalue weighted by atomic mass is 9.95. The summed E-state index contributed by atoms with van der Waals surface area (Å²) in [6, 6.07) is 11.1. The molecule has 0 bridgehead atoms. The average Bonchev–Trinajstić information content (AvgIpc) is 2.96. The van der Waals surface area contributed by atoms with E-state index in [9.17, 15) is 14.7 Å². The second-order valence-corrected chi connectivity index (χ2v) is 6.26. The van der Waals surface area contributed by atoms with Gasteiger partial charge in [-0.2, -0.15) is 0 Å². The van der Waals surface area contributed by atoms with Crippen molar-refractivity contribution in [1.29, 1.82) is 0 Å². The molecule has 1 amide bonds. The second kappa shape index (κ2) is 7.64. The first-order valence-electron chi connectivity index (χ1n) is 8.53. The minimum atomic E-state index is -0.748. The van der Waals surface area contributed by atoms with Crippen molar-refractivity contribution in [2.75, 3.05) is 28.4 Å². The maximum absolute atomic E-state index is 12.7. The average molecular weight is 383 g/mol. The standard InChI is InChI=1S/C21H21NO6/c1-22-18(12-6-5-7-14(10-12)26-2)17(20(24)21(22)25)19(23)13-8-9-15(27-3)16(11-13)28-4/h5-11,18,23H,1-4H3. The molecule has 28 heavy (non-hydrogen) atoms. The summed E-state index contributed by atoms with van der Waals surface area (Å²) in [5.74, 6) is -0.244. The number of carbonyl (C=O) groups is 2. The molecule has 1 aliphatic rings. The number of carbonyl (C=O) groups excluding carboxylic acids is 2. The van der Waals surface area contributed by atoms with Gasteiger partial charge in [0.05, 0.1) is 32.9 Å². The molecule has 1 heterocycles. The third-order valence-corrected chi connectivity index (χ3v) is 4.74. The molecule has 3 rings (SSSR count). The Bertz CT molecular complexity index is 965. The highest BCUT2D eigenvalue weighted by atomic mass is 16.5. The summed E-state index contributed by atoms with van der Waals surface area (Å²) >= 11 is 0. The van der Waals surface area contributed by atoms with E-state index < -0.39 is 17.7 Å². The van der Waals surface area contributed by atoms with Gasteiger partial charge in [-0.15, -0.1) is 0 Å². The Morgan fingerprint density at radius 1 is 0.964 bits per heavy atom. The Kier molecular flexibility index (Phi) is 5.26. The Hall–Kier alpha value is -3.48. The summed E-state index contributed by atoms with van der Waals surface area (Å²) in [6.45, 7) is 0. The van der Waals surface area contributed by atoms with Gasteiger partial charge in [0.15, 0.2) is 11.5 Å². The summed E-state index contributed by atoms with van der Waals surface area (Å²) < 4.78 is 15.7. The van der Waals surface area contributed by atoms with Crippen molar-refractivity contribution in [1.82, 2.24) is 4.90 Å². The number of methoxy groups -OCH3 is 3. The van der Waals surface area contributed by atoms with Crippen molar-refractivity contribution in [2.45, 2.75) is 6.04 Å². The number of likely N-dealkylation sites (tertiary alicyclic amines) is 1. The number of amides is 1. The van der Waals surface area contributed by atoms with E-state index in [1.54, 1.807) is 42.5 Å². The highest BCUT2D eigenvalue weighted by Crippen LogP contribution is 2.40. The van der Waals surface area contributed by atoms with Crippen molar-refractivity contribution in [3.05, 3.63) is 59.2 Å². The molecular formula is C21H21NO6. The lowest BCUT2D eigenvalue weighted by molar-refractivity contribution is -0.139. The fourth-order valence-electron chi connectivity index (χ4n) is 3.29. The molecule has 0 aliphatic carbocycles. The maximum atomic E-state index is 12.7. The van der Waals surface area contributed by atoms with Crippen LogP contribution in [-0.4, -0.2) is 50.1 Å². The molecule has 1 aliphatic heterocycles. The third-order valence-electron chi connectivity index (χ3n) is 4.74. The van der Waals surface area contributed by atoms with Crippen LogP contribution in [0.1, 0.15) is 17.2 Å². The van der Waals surface area contributed by atoms with Gasteiger partial charge in [0.25, 0.3) is 11.7 Å². The first kappa shape index (κ1) is 19.3. The van der Waals surface area contributed by atoms with Crippen LogP contribution >= 0.6 is 0 Å². The number of nitrogens with zero attached hydrogens (tertiary/aromatic N) is 1. The van der Waals surface area contributed by atoms with E-state index in [1.807, 2.05) is 0 Å². The molecule has 1 unspecified atom stereocenters. The number of aliphatic hydroxyl groups is 1. The number of ketones is 1. The lowest BCUT2D eigenvalue weighted by Crippen LogP contribution is -2.24. The number of hydrogen-bond acceptors (Lipinski definition) is 6. The zero-order chi connectivity index (χ0) is 20.4. The number of hydrogen-bond donors (Lipinski definition) is 1.